The monoisotopic (exact) mass is 412 g/mol. The summed E-state index contributed by atoms with van der Waals surface area (Å²) in [6.07, 6.45) is 2.77. The summed E-state index contributed by atoms with van der Waals surface area (Å²) in [5.74, 6) is -0.874. The molecule has 0 aliphatic carbocycles. The number of fused-ring (bicyclic) bond motifs is 5. The molecule has 0 saturated carbocycles. The lowest BCUT2D eigenvalue weighted by Crippen LogP contribution is -2.39. The lowest BCUT2D eigenvalue weighted by atomic mass is 9.95. The summed E-state index contributed by atoms with van der Waals surface area (Å²) in [4.78, 5) is 16.2. The van der Waals surface area contributed by atoms with Gasteiger partial charge in [-0.1, -0.05) is 60.7 Å². The molecule has 0 radical (unpaired) electrons. The van der Waals surface area contributed by atoms with Crippen molar-refractivity contribution >= 4 is 17.3 Å². The zero-order valence-electron chi connectivity index (χ0n) is 17.7. The van der Waals surface area contributed by atoms with E-state index in [1.807, 2.05) is 0 Å². The predicted octanol–water partition coefficient (Wildman–Crippen LogP) is 5.66. The average molecular weight is 413 g/mol. The van der Waals surface area contributed by atoms with Crippen molar-refractivity contribution in [2.45, 2.75) is 19.3 Å². The molecule has 3 aromatic rings. The van der Waals surface area contributed by atoms with Gasteiger partial charge in [-0.15, -0.1) is 0 Å². The molecule has 0 aromatic heterocycles. The van der Waals surface area contributed by atoms with Crippen molar-refractivity contribution in [1.82, 2.24) is 4.90 Å². The summed E-state index contributed by atoms with van der Waals surface area (Å²) in [6.45, 7) is 3.50. The van der Waals surface area contributed by atoms with Gasteiger partial charge in [-0.2, -0.15) is 0 Å². The highest BCUT2D eigenvalue weighted by Crippen LogP contribution is 2.47. The van der Waals surface area contributed by atoms with Gasteiger partial charge in [0.2, 0.25) is 0 Å². The molecule has 0 amide bonds. The van der Waals surface area contributed by atoms with Gasteiger partial charge in [-0.05, 0) is 55.6 Å². The second kappa shape index (κ2) is 8.56. The van der Waals surface area contributed by atoms with Gasteiger partial charge in [0.25, 0.3) is 0 Å². The first kappa shape index (κ1) is 19.8. The number of rotatable bonds is 5. The summed E-state index contributed by atoms with van der Waals surface area (Å²) >= 11 is 0. The number of hydrogen-bond acceptors (Lipinski definition) is 3. The lowest BCUT2D eigenvalue weighted by Gasteiger charge is -2.32. The molecule has 2 aliphatic rings. The fourth-order valence-electron chi connectivity index (χ4n) is 5.11. The molecule has 2 aliphatic heterocycles. The fourth-order valence-corrected chi connectivity index (χ4v) is 5.11. The van der Waals surface area contributed by atoms with Crippen molar-refractivity contribution in [2.75, 3.05) is 31.1 Å². The number of anilines is 2. The fraction of sp³-hybridized carbons (Fsp3) is 0.296. The number of para-hydroxylation sites is 2. The van der Waals surface area contributed by atoms with Crippen LogP contribution < -0.4 is 4.90 Å². The molecule has 158 valence electrons. The van der Waals surface area contributed by atoms with Crippen molar-refractivity contribution < 1.29 is 9.90 Å². The minimum Gasteiger partial charge on any atom is -0.481 e. The Hall–Kier alpha value is -3.11. The topological polar surface area (TPSA) is 43.8 Å². The van der Waals surface area contributed by atoms with Gasteiger partial charge in [0.05, 0.1) is 5.92 Å². The van der Waals surface area contributed by atoms with E-state index in [0.717, 1.165) is 38.9 Å². The zero-order valence-corrected chi connectivity index (χ0v) is 17.7. The Balaban J connectivity index is 1.44. The molecular weight excluding hydrogens is 384 g/mol. The molecule has 4 heteroatoms. The number of piperidine rings is 1. The molecule has 4 nitrogen and oxygen atoms in total. The first-order valence-electron chi connectivity index (χ1n) is 11.2. The summed E-state index contributed by atoms with van der Waals surface area (Å²) in [5.41, 5.74) is 7.54. The van der Waals surface area contributed by atoms with Gasteiger partial charge in [-0.25, -0.2) is 0 Å². The van der Waals surface area contributed by atoms with Crippen LogP contribution in [0.1, 0.15) is 19.3 Å². The van der Waals surface area contributed by atoms with Crippen LogP contribution in [0.5, 0.6) is 0 Å². The molecule has 1 atom stereocenters. The highest BCUT2D eigenvalue weighted by Gasteiger charge is 2.26. The van der Waals surface area contributed by atoms with E-state index < -0.39 is 5.97 Å². The summed E-state index contributed by atoms with van der Waals surface area (Å²) < 4.78 is 0. The lowest BCUT2D eigenvalue weighted by molar-refractivity contribution is -0.143. The van der Waals surface area contributed by atoms with Crippen LogP contribution in [0.2, 0.25) is 0 Å². The molecular formula is C27H28N2O2. The first-order chi connectivity index (χ1) is 15.2. The molecule has 0 unspecified atom stereocenters. The Morgan fingerprint density at radius 1 is 0.806 bits per heavy atom. The minimum atomic E-state index is -0.655. The Morgan fingerprint density at radius 2 is 1.35 bits per heavy atom. The smallest absolute Gasteiger partial charge is 0.307 e. The van der Waals surface area contributed by atoms with Gasteiger partial charge in [0, 0.05) is 35.6 Å². The number of benzene rings is 3. The molecule has 0 spiro atoms. The Labute approximate surface area is 183 Å². The van der Waals surface area contributed by atoms with Crippen molar-refractivity contribution in [3.05, 3.63) is 72.8 Å². The number of likely N-dealkylation sites (tertiary alicyclic amines) is 1. The Bertz CT molecular complexity index is 1030. The van der Waals surface area contributed by atoms with Crippen LogP contribution in [0.25, 0.3) is 22.3 Å². The standard InChI is InChI=1S/C27H28N2O2/c30-27(31)20-9-7-16-28(19-20)17-8-18-29-25-14-5-3-12-23(25)21-10-1-2-11-22(21)24-13-4-6-15-26(24)29/h1-6,10-15,20H,7-9,16-19H2,(H,30,31)/t20-/m1/s1. The van der Waals surface area contributed by atoms with Gasteiger partial charge in [-0.3, -0.25) is 4.79 Å². The van der Waals surface area contributed by atoms with Gasteiger partial charge in [0.15, 0.2) is 0 Å². The number of carboxylic acids is 1. The first-order valence-corrected chi connectivity index (χ1v) is 11.2. The van der Waals surface area contributed by atoms with Crippen LogP contribution >= 0.6 is 0 Å². The molecule has 5 rings (SSSR count). The van der Waals surface area contributed by atoms with E-state index in [2.05, 4.69) is 82.6 Å². The highest BCUT2D eigenvalue weighted by molar-refractivity contribution is 5.99. The van der Waals surface area contributed by atoms with Crippen molar-refractivity contribution in [3.8, 4) is 22.3 Å². The number of aliphatic carboxylic acids is 1. The SMILES string of the molecule is O=C(O)[C@@H]1CCCN(CCCN2c3ccccc3-c3ccccc3-c3ccccc32)C1. The third-order valence-electron chi connectivity index (χ3n) is 6.61. The van der Waals surface area contributed by atoms with Crippen LogP contribution in [0.3, 0.4) is 0 Å². The Kier molecular flexibility index (Phi) is 5.47. The summed E-state index contributed by atoms with van der Waals surface area (Å²) in [5, 5.41) is 9.39. The molecule has 31 heavy (non-hydrogen) atoms. The molecule has 1 saturated heterocycles. The van der Waals surface area contributed by atoms with Crippen LogP contribution in [0.15, 0.2) is 72.8 Å². The van der Waals surface area contributed by atoms with E-state index >= 15 is 0 Å². The third kappa shape index (κ3) is 3.84. The van der Waals surface area contributed by atoms with Gasteiger partial charge >= 0.3 is 5.97 Å². The van der Waals surface area contributed by atoms with Gasteiger partial charge < -0.3 is 14.9 Å². The second-order valence-corrected chi connectivity index (χ2v) is 8.56. The van der Waals surface area contributed by atoms with E-state index in [1.165, 1.54) is 33.6 Å². The average Bonchev–Trinajstić information content (AvgIpc) is 2.93. The molecule has 2 heterocycles. The van der Waals surface area contributed by atoms with E-state index in [1.54, 1.807) is 0 Å². The van der Waals surface area contributed by atoms with Gasteiger partial charge in [0.1, 0.15) is 0 Å². The van der Waals surface area contributed by atoms with Crippen LogP contribution in [-0.2, 0) is 4.79 Å². The predicted molar refractivity (Wildman–Crippen MR) is 126 cm³/mol. The van der Waals surface area contributed by atoms with Crippen molar-refractivity contribution in [2.24, 2.45) is 5.92 Å². The number of hydrogen-bond donors (Lipinski definition) is 1. The van der Waals surface area contributed by atoms with Crippen molar-refractivity contribution in [3.63, 3.8) is 0 Å². The van der Waals surface area contributed by atoms with E-state index in [-0.39, 0.29) is 5.92 Å². The quantitative estimate of drug-likeness (QED) is 0.587. The third-order valence-corrected chi connectivity index (χ3v) is 6.61. The Morgan fingerprint density at radius 3 is 1.94 bits per heavy atom. The summed E-state index contributed by atoms with van der Waals surface area (Å²) in [7, 11) is 0. The number of nitrogens with zero attached hydrogens (tertiary/aromatic N) is 2. The van der Waals surface area contributed by atoms with Crippen LogP contribution in [0, 0.1) is 5.92 Å². The molecule has 1 N–H and O–H groups in total. The number of carbonyl (C=O) groups is 1. The van der Waals surface area contributed by atoms with E-state index in [9.17, 15) is 9.90 Å². The molecule has 0 bridgehead atoms. The minimum absolute atomic E-state index is 0.220. The number of carboxylic acid groups (broad SMARTS) is 1. The normalized spacial score (nSPS) is 17.9. The van der Waals surface area contributed by atoms with E-state index in [0.29, 0.717) is 6.54 Å². The molecule has 1 fully saturated rings. The largest absolute Gasteiger partial charge is 0.481 e. The van der Waals surface area contributed by atoms with E-state index in [4.69, 9.17) is 0 Å². The van der Waals surface area contributed by atoms with Crippen molar-refractivity contribution in [1.29, 1.82) is 0 Å². The highest BCUT2D eigenvalue weighted by atomic mass is 16.4. The summed E-state index contributed by atoms with van der Waals surface area (Å²) in [6, 6.07) is 26.0. The zero-order chi connectivity index (χ0) is 21.2. The van der Waals surface area contributed by atoms with Crippen LogP contribution in [0.4, 0.5) is 11.4 Å². The maximum atomic E-state index is 11.4. The van der Waals surface area contributed by atoms with Crippen LogP contribution in [-0.4, -0.2) is 42.2 Å². The maximum absolute atomic E-state index is 11.4. The molecule has 3 aromatic carbocycles. The maximum Gasteiger partial charge on any atom is 0.307 e. The second-order valence-electron chi connectivity index (χ2n) is 8.56.